The van der Waals surface area contributed by atoms with Crippen molar-refractivity contribution in [1.82, 2.24) is 14.8 Å². The van der Waals surface area contributed by atoms with Gasteiger partial charge in [-0.15, -0.1) is 10.2 Å². The molecule has 12 heteroatoms. The molecule has 0 aliphatic rings. The Bertz CT molecular complexity index is 1090. The molecule has 0 bridgehead atoms. The van der Waals surface area contributed by atoms with Crippen LogP contribution in [0.1, 0.15) is 12.7 Å². The molecule has 1 heterocycles. The van der Waals surface area contributed by atoms with Crippen LogP contribution >= 0.6 is 39.3 Å². The molecule has 0 atom stereocenters. The van der Waals surface area contributed by atoms with E-state index in [2.05, 4.69) is 31.4 Å². The molecule has 9 nitrogen and oxygen atoms in total. The molecule has 31 heavy (non-hydrogen) atoms. The third-order valence-corrected chi connectivity index (χ3v) is 5.87. The summed E-state index contributed by atoms with van der Waals surface area (Å²) in [4.78, 5) is 22.6. The van der Waals surface area contributed by atoms with Gasteiger partial charge in [0.15, 0.2) is 11.0 Å². The Kier molecular flexibility index (Phi) is 7.88. The normalized spacial score (nSPS) is 10.7. The average molecular weight is 527 g/mol. The predicted molar refractivity (Wildman–Crippen MR) is 122 cm³/mol. The lowest BCUT2D eigenvalue weighted by Gasteiger charge is -2.09. The summed E-state index contributed by atoms with van der Waals surface area (Å²) in [6, 6.07) is 11.6. The molecule has 3 aromatic rings. The zero-order chi connectivity index (χ0) is 22.4. The molecule has 0 spiro atoms. The lowest BCUT2D eigenvalue weighted by atomic mass is 10.3. The van der Waals surface area contributed by atoms with Crippen molar-refractivity contribution in [3.05, 3.63) is 67.9 Å². The molecule has 0 saturated heterocycles. The second-order valence-corrected chi connectivity index (χ2v) is 8.41. The number of halogens is 2. The fraction of sp³-hybridized carbons (Fsp3) is 0.211. The number of hydrogen-bond acceptors (Lipinski definition) is 7. The number of nitro groups is 1. The van der Waals surface area contributed by atoms with Gasteiger partial charge < -0.3 is 14.6 Å². The van der Waals surface area contributed by atoms with Crippen molar-refractivity contribution in [2.75, 3.05) is 11.1 Å². The van der Waals surface area contributed by atoms with Crippen LogP contribution in [0.4, 0.5) is 11.4 Å². The zero-order valence-electron chi connectivity index (χ0n) is 16.2. The number of carbonyl (C=O) groups is 1. The Balaban J connectivity index is 1.58. The number of hydrogen-bond donors (Lipinski definition) is 1. The van der Waals surface area contributed by atoms with Crippen molar-refractivity contribution < 1.29 is 14.5 Å². The smallest absolute Gasteiger partial charge is 0.289 e. The van der Waals surface area contributed by atoms with Crippen molar-refractivity contribution >= 4 is 56.6 Å². The highest BCUT2D eigenvalue weighted by Crippen LogP contribution is 2.27. The van der Waals surface area contributed by atoms with Crippen LogP contribution in [0.2, 0.25) is 5.02 Å². The van der Waals surface area contributed by atoms with Crippen LogP contribution in [0.15, 0.2) is 52.1 Å². The van der Waals surface area contributed by atoms with Crippen LogP contribution in [-0.4, -0.2) is 31.3 Å². The minimum atomic E-state index is -0.603. The van der Waals surface area contributed by atoms with E-state index in [1.165, 1.54) is 30.0 Å². The summed E-state index contributed by atoms with van der Waals surface area (Å²) >= 11 is 10.4. The molecule has 1 aromatic heterocycles. The molecule has 1 amide bonds. The summed E-state index contributed by atoms with van der Waals surface area (Å²) < 4.78 is 8.57. The maximum absolute atomic E-state index is 12.3. The van der Waals surface area contributed by atoms with E-state index in [0.717, 1.165) is 4.47 Å². The fourth-order valence-corrected chi connectivity index (χ4v) is 3.86. The first-order valence-corrected chi connectivity index (χ1v) is 11.2. The van der Waals surface area contributed by atoms with Crippen LogP contribution in [-0.2, 0) is 17.9 Å². The van der Waals surface area contributed by atoms with Crippen molar-refractivity contribution in [1.29, 1.82) is 0 Å². The third-order valence-electron chi connectivity index (χ3n) is 4.05. The van der Waals surface area contributed by atoms with Crippen molar-refractivity contribution in [2.45, 2.75) is 25.2 Å². The van der Waals surface area contributed by atoms with Gasteiger partial charge in [-0.05, 0) is 43.3 Å². The van der Waals surface area contributed by atoms with Gasteiger partial charge in [-0.2, -0.15) is 0 Å². The summed E-state index contributed by atoms with van der Waals surface area (Å²) in [5, 5.41) is 22.5. The first kappa shape index (κ1) is 23.0. The van der Waals surface area contributed by atoms with Crippen molar-refractivity contribution in [3.63, 3.8) is 0 Å². The van der Waals surface area contributed by atoms with Crippen molar-refractivity contribution in [2.24, 2.45) is 0 Å². The molecule has 1 N–H and O–H groups in total. The number of aromatic nitrogens is 3. The number of amides is 1. The van der Waals surface area contributed by atoms with Crippen LogP contribution in [0.5, 0.6) is 5.75 Å². The fourth-order valence-electron chi connectivity index (χ4n) is 2.59. The summed E-state index contributed by atoms with van der Waals surface area (Å²) in [5.74, 6) is 1.07. The van der Waals surface area contributed by atoms with Gasteiger partial charge in [-0.1, -0.05) is 39.3 Å². The number of ether oxygens (including phenoxy) is 1. The molecule has 3 rings (SSSR count). The largest absolute Gasteiger partial charge is 0.486 e. The molecule has 162 valence electrons. The lowest BCUT2D eigenvalue weighted by molar-refractivity contribution is -0.384. The van der Waals surface area contributed by atoms with Gasteiger partial charge in [0.05, 0.1) is 10.7 Å². The van der Waals surface area contributed by atoms with Gasteiger partial charge in [0.2, 0.25) is 5.91 Å². The first-order chi connectivity index (χ1) is 14.9. The molecule has 0 radical (unpaired) electrons. The number of thioether (sulfide) groups is 1. The number of benzene rings is 2. The van der Waals surface area contributed by atoms with Gasteiger partial charge in [0.1, 0.15) is 17.4 Å². The van der Waals surface area contributed by atoms with Crippen LogP contribution in [0.3, 0.4) is 0 Å². The summed E-state index contributed by atoms with van der Waals surface area (Å²) in [5.41, 5.74) is 0.0236. The van der Waals surface area contributed by atoms with Crippen LogP contribution in [0.25, 0.3) is 0 Å². The Hall–Kier alpha value is -2.63. The van der Waals surface area contributed by atoms with E-state index in [9.17, 15) is 14.9 Å². The zero-order valence-corrected chi connectivity index (χ0v) is 19.4. The topological polar surface area (TPSA) is 112 Å². The van der Waals surface area contributed by atoms with E-state index in [4.69, 9.17) is 16.3 Å². The Morgan fingerprint density at radius 1 is 1.29 bits per heavy atom. The number of nitro benzene ring substituents is 1. The molecule has 0 aliphatic carbocycles. The van der Waals surface area contributed by atoms with E-state index < -0.39 is 4.92 Å². The third kappa shape index (κ3) is 6.18. The quantitative estimate of drug-likeness (QED) is 0.239. The summed E-state index contributed by atoms with van der Waals surface area (Å²) in [6.45, 7) is 2.80. The predicted octanol–water partition coefficient (Wildman–Crippen LogP) is 4.93. The van der Waals surface area contributed by atoms with Gasteiger partial charge in [0, 0.05) is 22.8 Å². The highest BCUT2D eigenvalue weighted by atomic mass is 79.9. The van der Waals surface area contributed by atoms with E-state index in [1.807, 2.05) is 35.8 Å². The van der Waals surface area contributed by atoms with Gasteiger partial charge >= 0.3 is 0 Å². The van der Waals surface area contributed by atoms with E-state index in [-0.39, 0.29) is 29.0 Å². The summed E-state index contributed by atoms with van der Waals surface area (Å²) in [7, 11) is 0. The van der Waals surface area contributed by atoms with Crippen LogP contribution in [0, 0.1) is 10.1 Å². The maximum atomic E-state index is 12.3. The van der Waals surface area contributed by atoms with Gasteiger partial charge in [-0.25, -0.2) is 0 Å². The second kappa shape index (κ2) is 10.6. The SMILES string of the molecule is CCn1c(COc2ccc(Br)cc2)nnc1SCC(=O)Nc1ccc(Cl)c([N+](=O)[O-])c1. The first-order valence-electron chi connectivity index (χ1n) is 9.04. The molecule has 0 aliphatic heterocycles. The van der Waals surface area contributed by atoms with Crippen LogP contribution < -0.4 is 10.1 Å². The molecule has 0 saturated carbocycles. The molecular weight excluding hydrogens is 510 g/mol. The maximum Gasteiger partial charge on any atom is 0.289 e. The molecule has 2 aromatic carbocycles. The minimum Gasteiger partial charge on any atom is -0.486 e. The number of anilines is 1. The number of rotatable bonds is 9. The van der Waals surface area contributed by atoms with E-state index >= 15 is 0 Å². The molecular formula is C19H17BrClN5O4S. The molecule has 0 fully saturated rings. The summed E-state index contributed by atoms with van der Waals surface area (Å²) in [6.07, 6.45) is 0. The number of nitrogens with one attached hydrogen (secondary N) is 1. The monoisotopic (exact) mass is 525 g/mol. The number of nitrogens with zero attached hydrogens (tertiary/aromatic N) is 4. The standard InChI is InChI=1S/C19H17BrClN5O4S/c1-2-25-17(10-30-14-6-3-12(20)4-7-14)23-24-19(25)31-11-18(27)22-13-5-8-15(21)16(9-13)26(28)29/h3-9H,2,10-11H2,1H3,(H,22,27). The van der Waals surface area contributed by atoms with Gasteiger partial charge in [0.25, 0.3) is 5.69 Å². The van der Waals surface area contributed by atoms with E-state index in [1.54, 1.807) is 0 Å². The lowest BCUT2D eigenvalue weighted by Crippen LogP contribution is -2.15. The Morgan fingerprint density at radius 3 is 2.71 bits per heavy atom. The van der Waals surface area contributed by atoms with Crippen molar-refractivity contribution in [3.8, 4) is 5.75 Å². The Labute approximate surface area is 195 Å². The highest BCUT2D eigenvalue weighted by molar-refractivity contribution is 9.10. The van der Waals surface area contributed by atoms with E-state index in [0.29, 0.717) is 29.0 Å². The Morgan fingerprint density at radius 2 is 2.03 bits per heavy atom. The second-order valence-electron chi connectivity index (χ2n) is 6.15. The average Bonchev–Trinajstić information content (AvgIpc) is 3.15. The number of carbonyl (C=O) groups excluding carboxylic acids is 1. The highest BCUT2D eigenvalue weighted by Gasteiger charge is 2.16. The van der Waals surface area contributed by atoms with Gasteiger partial charge in [-0.3, -0.25) is 14.9 Å². The minimum absolute atomic E-state index is 0.00584. The molecule has 0 unspecified atom stereocenters.